The molecule has 3 heteroatoms. The second kappa shape index (κ2) is 9.95. The van der Waals surface area contributed by atoms with Crippen LogP contribution in [0.25, 0.3) is 0 Å². The predicted molar refractivity (Wildman–Crippen MR) is 82.0 cm³/mol. The Morgan fingerprint density at radius 3 is 2.67 bits per heavy atom. The number of hydrogen-bond donors (Lipinski definition) is 0. The van der Waals surface area contributed by atoms with Crippen LogP contribution in [0.2, 0.25) is 0 Å². The number of esters is 1. The first kappa shape index (κ1) is 16.1. The van der Waals surface area contributed by atoms with Gasteiger partial charge in [-0.25, -0.2) is 4.79 Å². The molecule has 21 heavy (non-hydrogen) atoms. The quantitative estimate of drug-likeness (QED) is 0.369. The zero-order valence-corrected chi connectivity index (χ0v) is 12.1. The van der Waals surface area contributed by atoms with Gasteiger partial charge < -0.3 is 9.47 Å². The van der Waals surface area contributed by atoms with Gasteiger partial charge in [-0.15, -0.1) is 0 Å². The van der Waals surface area contributed by atoms with Crippen molar-refractivity contribution >= 4 is 5.97 Å². The largest absolute Gasteiger partial charge is 0.466 e. The Kier molecular flexibility index (Phi) is 7.65. The zero-order valence-electron chi connectivity index (χ0n) is 12.1. The second-order valence-electron chi connectivity index (χ2n) is 3.74. The Hall–Kier alpha value is -2.91. The molecule has 0 saturated heterocycles. The molecule has 0 N–H and O–H groups in total. The van der Waals surface area contributed by atoms with Crippen LogP contribution >= 0.6 is 0 Å². The summed E-state index contributed by atoms with van der Waals surface area (Å²) in [4.78, 5) is 11.0. The number of allylic oxidation sites excluding steroid dienone is 3. The van der Waals surface area contributed by atoms with Gasteiger partial charge in [-0.1, -0.05) is 36.1 Å². The first-order valence-electron chi connectivity index (χ1n) is 6.42. The Morgan fingerprint density at radius 1 is 1.24 bits per heavy atom. The fraction of sp³-hybridized carbons (Fsp3) is 0.167. The highest BCUT2D eigenvalue weighted by Gasteiger charge is 1.90. The SMILES string of the molecule is CCOC#C/C(C#Cc1ccccc1)=C\C=C/C(=O)OC. The van der Waals surface area contributed by atoms with Crippen molar-refractivity contribution in [2.45, 2.75) is 6.92 Å². The molecule has 106 valence electrons. The fourth-order valence-corrected chi connectivity index (χ4v) is 1.23. The molecule has 0 aliphatic carbocycles. The molecule has 0 aliphatic rings. The maximum atomic E-state index is 11.0. The van der Waals surface area contributed by atoms with Gasteiger partial charge in [0.1, 0.15) is 6.11 Å². The Balaban J connectivity index is 2.91. The van der Waals surface area contributed by atoms with E-state index in [0.29, 0.717) is 12.2 Å². The minimum absolute atomic E-state index is 0.431. The van der Waals surface area contributed by atoms with Gasteiger partial charge in [-0.2, -0.15) is 0 Å². The first-order chi connectivity index (χ1) is 10.3. The summed E-state index contributed by atoms with van der Waals surface area (Å²) in [5.74, 6) is 8.30. The van der Waals surface area contributed by atoms with Gasteiger partial charge in [0.2, 0.25) is 0 Å². The van der Waals surface area contributed by atoms with Crippen LogP contribution in [-0.2, 0) is 14.3 Å². The molecule has 0 aromatic heterocycles. The lowest BCUT2D eigenvalue weighted by Gasteiger charge is -1.89. The summed E-state index contributed by atoms with van der Waals surface area (Å²) in [5.41, 5.74) is 1.44. The molecule has 3 nitrogen and oxygen atoms in total. The van der Waals surface area contributed by atoms with Gasteiger partial charge in [-0.3, -0.25) is 0 Å². The number of benzene rings is 1. The van der Waals surface area contributed by atoms with Crippen LogP contribution < -0.4 is 0 Å². The fourth-order valence-electron chi connectivity index (χ4n) is 1.23. The minimum Gasteiger partial charge on any atom is -0.466 e. The van der Waals surface area contributed by atoms with E-state index in [0.717, 1.165) is 5.56 Å². The van der Waals surface area contributed by atoms with Crippen molar-refractivity contribution in [2.24, 2.45) is 0 Å². The number of carbonyl (C=O) groups excluding carboxylic acids is 1. The first-order valence-corrected chi connectivity index (χ1v) is 6.42. The Labute approximate surface area is 125 Å². The zero-order chi connectivity index (χ0) is 15.3. The van der Waals surface area contributed by atoms with E-state index in [1.165, 1.54) is 13.2 Å². The number of methoxy groups -OCH3 is 1. The maximum Gasteiger partial charge on any atom is 0.330 e. The summed E-state index contributed by atoms with van der Waals surface area (Å²) < 4.78 is 9.49. The second-order valence-corrected chi connectivity index (χ2v) is 3.74. The normalized spacial score (nSPS) is 10.1. The van der Waals surface area contributed by atoms with Crippen molar-refractivity contribution in [2.75, 3.05) is 13.7 Å². The summed E-state index contributed by atoms with van der Waals surface area (Å²) in [6, 6.07) is 9.57. The molecule has 0 heterocycles. The monoisotopic (exact) mass is 280 g/mol. The van der Waals surface area contributed by atoms with Crippen LogP contribution in [-0.4, -0.2) is 19.7 Å². The molecule has 0 saturated carbocycles. The highest BCUT2D eigenvalue weighted by Crippen LogP contribution is 1.98. The van der Waals surface area contributed by atoms with E-state index in [9.17, 15) is 4.79 Å². The van der Waals surface area contributed by atoms with Crippen LogP contribution in [0, 0.1) is 23.9 Å². The highest BCUT2D eigenvalue weighted by molar-refractivity contribution is 5.82. The minimum atomic E-state index is -0.431. The van der Waals surface area contributed by atoms with Gasteiger partial charge in [-0.05, 0) is 31.1 Å². The van der Waals surface area contributed by atoms with Gasteiger partial charge in [0, 0.05) is 11.6 Å². The lowest BCUT2D eigenvalue weighted by molar-refractivity contribution is -0.134. The van der Waals surface area contributed by atoms with E-state index in [-0.39, 0.29) is 0 Å². The standard InChI is InChI=1S/C18H16O3/c1-3-21-15-14-17(10-7-11-18(19)20-2)13-12-16-8-5-4-6-9-16/h4-11H,3H2,1-2H3/b11-7-,17-10-. The predicted octanol–water partition coefficient (Wildman–Crippen LogP) is 2.69. The number of hydrogen-bond acceptors (Lipinski definition) is 3. The van der Waals surface area contributed by atoms with Crippen molar-refractivity contribution in [3.63, 3.8) is 0 Å². The van der Waals surface area contributed by atoms with Crippen molar-refractivity contribution < 1.29 is 14.3 Å². The van der Waals surface area contributed by atoms with Gasteiger partial charge >= 0.3 is 5.97 Å². The van der Waals surface area contributed by atoms with Crippen LogP contribution in [0.3, 0.4) is 0 Å². The van der Waals surface area contributed by atoms with Gasteiger partial charge in [0.15, 0.2) is 0 Å². The third-order valence-electron chi connectivity index (χ3n) is 2.21. The van der Waals surface area contributed by atoms with E-state index >= 15 is 0 Å². The van der Waals surface area contributed by atoms with Crippen molar-refractivity contribution in [3.05, 3.63) is 59.7 Å². The summed E-state index contributed by atoms with van der Waals surface area (Å²) >= 11 is 0. The molecule has 0 aliphatic heterocycles. The number of carbonyl (C=O) groups is 1. The Bertz CT molecular complexity index is 632. The van der Waals surface area contributed by atoms with E-state index in [2.05, 4.69) is 28.6 Å². The summed E-state index contributed by atoms with van der Waals surface area (Å²) in [6.45, 7) is 2.36. The van der Waals surface area contributed by atoms with Crippen LogP contribution in [0.4, 0.5) is 0 Å². The molecule has 0 radical (unpaired) electrons. The molecule has 0 fully saturated rings. The van der Waals surface area contributed by atoms with E-state index in [1.807, 2.05) is 37.3 Å². The van der Waals surface area contributed by atoms with E-state index < -0.39 is 5.97 Å². The van der Waals surface area contributed by atoms with Gasteiger partial charge in [0.05, 0.1) is 19.3 Å². The summed E-state index contributed by atoms with van der Waals surface area (Å²) in [7, 11) is 1.32. The van der Waals surface area contributed by atoms with Gasteiger partial charge in [0.25, 0.3) is 0 Å². The maximum absolute atomic E-state index is 11.0. The molecular weight excluding hydrogens is 264 g/mol. The molecular formula is C18H16O3. The molecule has 0 spiro atoms. The third-order valence-corrected chi connectivity index (χ3v) is 2.21. The average molecular weight is 280 g/mol. The van der Waals surface area contributed by atoms with E-state index in [1.54, 1.807) is 12.2 Å². The molecule has 1 aromatic carbocycles. The molecule has 1 aromatic rings. The van der Waals surface area contributed by atoms with Crippen LogP contribution in [0.5, 0.6) is 0 Å². The van der Waals surface area contributed by atoms with Crippen molar-refractivity contribution in [3.8, 4) is 23.9 Å². The van der Waals surface area contributed by atoms with Crippen LogP contribution in [0.1, 0.15) is 12.5 Å². The van der Waals surface area contributed by atoms with Crippen molar-refractivity contribution in [1.29, 1.82) is 0 Å². The van der Waals surface area contributed by atoms with E-state index in [4.69, 9.17) is 4.74 Å². The molecule has 1 rings (SSSR count). The molecule has 0 unspecified atom stereocenters. The summed E-state index contributed by atoms with van der Waals surface area (Å²) in [5, 5.41) is 0. The lowest BCUT2D eigenvalue weighted by atomic mass is 10.2. The Morgan fingerprint density at radius 2 is 2.00 bits per heavy atom. The molecule has 0 amide bonds. The molecule has 0 atom stereocenters. The van der Waals surface area contributed by atoms with Crippen LogP contribution in [0.15, 0.2) is 54.1 Å². The lowest BCUT2D eigenvalue weighted by Crippen LogP contribution is -1.92. The van der Waals surface area contributed by atoms with Crippen molar-refractivity contribution in [1.82, 2.24) is 0 Å². The molecule has 0 bridgehead atoms. The summed E-state index contributed by atoms with van der Waals surface area (Å²) in [6.07, 6.45) is 7.03. The third kappa shape index (κ3) is 7.30. The average Bonchev–Trinajstić information content (AvgIpc) is 2.53. The highest BCUT2D eigenvalue weighted by atomic mass is 16.5. The smallest absolute Gasteiger partial charge is 0.330 e. The number of rotatable bonds is 3. The topological polar surface area (TPSA) is 35.5 Å². The number of ether oxygens (including phenoxy) is 2.